The average molecular weight is 1040 g/mol. The highest BCUT2D eigenvalue weighted by Crippen LogP contribution is 2.44. The first-order valence-electron chi connectivity index (χ1n) is 22.3. The summed E-state index contributed by atoms with van der Waals surface area (Å²) in [7, 11) is -2.33. The van der Waals surface area contributed by atoms with Gasteiger partial charge in [0.1, 0.15) is 41.7 Å². The number of halogens is 1. The first-order chi connectivity index (χ1) is 35.0. The van der Waals surface area contributed by atoms with E-state index in [1.54, 1.807) is 68.7 Å². The zero-order valence-corrected chi connectivity index (χ0v) is 41.9. The number of fused-ring (bicyclic) bond motifs is 2. The van der Waals surface area contributed by atoms with Crippen molar-refractivity contribution in [2.45, 2.75) is 37.5 Å². The summed E-state index contributed by atoms with van der Waals surface area (Å²) in [4.78, 5) is 42.8. The molecule has 7 heterocycles. The van der Waals surface area contributed by atoms with Gasteiger partial charge in [-0.2, -0.15) is 13.5 Å². The van der Waals surface area contributed by atoms with E-state index in [2.05, 4.69) is 34.5 Å². The van der Waals surface area contributed by atoms with Crippen LogP contribution in [0.15, 0.2) is 112 Å². The lowest BCUT2D eigenvalue weighted by Gasteiger charge is -2.15. The van der Waals surface area contributed by atoms with Crippen molar-refractivity contribution in [2.75, 3.05) is 64.3 Å². The van der Waals surface area contributed by atoms with Crippen molar-refractivity contribution >= 4 is 42.9 Å². The van der Waals surface area contributed by atoms with Crippen LogP contribution in [0.2, 0.25) is 0 Å². The Morgan fingerprint density at radius 3 is 1.62 bits per heavy atom. The number of hydrogen-bond acceptors (Lipinski definition) is 17. The Kier molecular flexibility index (Phi) is 15.3. The molecule has 0 atom stereocenters. The maximum Gasteiger partial charge on any atom is 0.343 e. The maximum atomic E-state index is 13.9. The van der Waals surface area contributed by atoms with E-state index in [0.29, 0.717) is 63.7 Å². The molecule has 0 aliphatic heterocycles. The lowest BCUT2D eigenvalue weighted by atomic mass is 10.1. The highest BCUT2D eigenvalue weighted by atomic mass is 32.2. The van der Waals surface area contributed by atoms with E-state index in [9.17, 15) is 30.8 Å². The van der Waals surface area contributed by atoms with Gasteiger partial charge in [-0.25, -0.2) is 32.7 Å². The smallest absolute Gasteiger partial charge is 0.343 e. The zero-order valence-electron chi connectivity index (χ0n) is 40.2. The van der Waals surface area contributed by atoms with Crippen molar-refractivity contribution in [1.82, 2.24) is 37.9 Å². The molecule has 25 heteroatoms. The Morgan fingerprint density at radius 1 is 0.630 bits per heavy atom. The number of sulfonamides is 1. The summed E-state index contributed by atoms with van der Waals surface area (Å²) in [5.41, 5.74) is 3.93. The number of aryl methyl sites for hydroxylation is 2. The van der Waals surface area contributed by atoms with Crippen LogP contribution in [0.5, 0.6) is 23.3 Å². The number of nitrogens with one attached hydrogen (secondary N) is 2. The van der Waals surface area contributed by atoms with Crippen LogP contribution in [0.25, 0.3) is 33.5 Å². The highest BCUT2D eigenvalue weighted by molar-refractivity contribution is 7.92. The summed E-state index contributed by atoms with van der Waals surface area (Å²) >= 11 is 0. The summed E-state index contributed by atoms with van der Waals surface area (Å²) in [5.74, 6) is -0.184. The Balaban J connectivity index is 0.000000196. The van der Waals surface area contributed by atoms with Gasteiger partial charge in [-0.3, -0.25) is 27.8 Å². The number of benzene rings is 1. The lowest BCUT2D eigenvalue weighted by Crippen LogP contribution is -2.24. The lowest BCUT2D eigenvalue weighted by molar-refractivity contribution is 0.145. The third-order valence-electron chi connectivity index (χ3n) is 11.1. The van der Waals surface area contributed by atoms with Crippen LogP contribution in [-0.4, -0.2) is 110 Å². The predicted molar refractivity (Wildman–Crippen MR) is 266 cm³/mol. The van der Waals surface area contributed by atoms with Crippen LogP contribution in [0.3, 0.4) is 0 Å². The molecule has 1 saturated carbocycles. The van der Waals surface area contributed by atoms with Crippen LogP contribution in [0.1, 0.15) is 35.7 Å². The van der Waals surface area contributed by atoms with E-state index < -0.39 is 31.6 Å². The van der Waals surface area contributed by atoms with Crippen LogP contribution < -0.4 is 39.5 Å². The van der Waals surface area contributed by atoms with Gasteiger partial charge in [0.15, 0.2) is 0 Å². The van der Waals surface area contributed by atoms with Crippen molar-refractivity contribution in [2.24, 2.45) is 0 Å². The molecule has 0 spiro atoms. The molecular weight excluding hydrogens is 992 g/mol. The third-order valence-corrected chi connectivity index (χ3v) is 13.9. The van der Waals surface area contributed by atoms with Gasteiger partial charge in [0.05, 0.1) is 56.1 Å². The molecule has 1 aliphatic carbocycles. The molecule has 0 amide bonds. The summed E-state index contributed by atoms with van der Waals surface area (Å²) < 4.78 is 106. The van der Waals surface area contributed by atoms with Crippen LogP contribution >= 0.6 is 0 Å². The molecule has 2 N–H and O–H groups in total. The predicted octanol–water partition coefficient (Wildman–Crippen LogP) is 5.42. The molecule has 1 aromatic carbocycles. The largest absolute Gasteiger partial charge is 0.484 e. The first-order valence-corrected chi connectivity index (χ1v) is 25.2. The molecule has 7 aromatic heterocycles. The molecule has 73 heavy (non-hydrogen) atoms. The van der Waals surface area contributed by atoms with Crippen molar-refractivity contribution in [3.05, 3.63) is 141 Å². The van der Waals surface area contributed by atoms with Gasteiger partial charge in [-0.15, -0.1) is 4.09 Å². The van der Waals surface area contributed by atoms with E-state index in [-0.39, 0.29) is 64.2 Å². The molecule has 0 unspecified atom stereocenters. The number of rotatable bonds is 19. The standard InChI is InChI=1S/C26H25FN4O6S.C22H24N6O6S/c1-35-9-10-37-22-14-28-24-8-5-17(15-31(24)26(22)32)18-11-21(25(36-2)29-13-18)30-38(33,34)23-7-6-19(27)12-20(23)16-3-4-16;1-14-9-15(2)28(25-14)35(30,31)26-18-10-17(11-24-21(18)33-4)16-5-6-20-23-12-19(34-8-7-32-3)22(29)27(20)13-16/h5-8,11-16,30H,3-4,9-10H2,1-2H3;5-6,9-13,26H,7-8H2,1-4H3. The number of hydrogen-bond donors (Lipinski definition) is 2. The van der Waals surface area contributed by atoms with Crippen LogP contribution in [-0.2, 0) is 29.7 Å². The normalized spacial score (nSPS) is 12.5. The van der Waals surface area contributed by atoms with Gasteiger partial charge in [-0.1, -0.05) is 0 Å². The van der Waals surface area contributed by atoms with Gasteiger partial charge in [0.25, 0.3) is 21.1 Å². The number of anilines is 2. The van der Waals surface area contributed by atoms with Crippen molar-refractivity contribution in [3.8, 4) is 45.5 Å². The van der Waals surface area contributed by atoms with E-state index in [4.69, 9.17) is 28.4 Å². The summed E-state index contributed by atoms with van der Waals surface area (Å²) in [5, 5.41) is 4.03. The Labute approximate surface area is 417 Å². The maximum absolute atomic E-state index is 13.9. The molecular formula is C48H49FN10O12S2. The van der Waals surface area contributed by atoms with Gasteiger partial charge < -0.3 is 28.4 Å². The second kappa shape index (κ2) is 21.8. The topological polar surface area (TPSA) is 260 Å². The van der Waals surface area contributed by atoms with E-state index in [1.807, 2.05) is 0 Å². The fraction of sp³-hybridized carbons (Fsp3) is 0.271. The Morgan fingerprint density at radius 2 is 1.15 bits per heavy atom. The SMILES string of the molecule is COCCOc1cnc2ccc(-c3cnc(OC)c(NS(=O)(=O)c4ccc(F)cc4C4CC4)c3)cn2c1=O.COCCOc1cnc2ccc(-c3cnc(OC)c(NS(=O)(=O)n4nc(C)cc4C)c3)cn2c1=O. The minimum absolute atomic E-state index is 0.0107. The van der Waals surface area contributed by atoms with Gasteiger partial charge in [0.2, 0.25) is 23.3 Å². The molecule has 0 saturated heterocycles. The quantitative estimate of drug-likeness (QED) is 0.0959. The fourth-order valence-electron chi connectivity index (χ4n) is 7.53. The van der Waals surface area contributed by atoms with E-state index >= 15 is 0 Å². The Hall–Kier alpha value is -8.00. The van der Waals surface area contributed by atoms with Gasteiger partial charge >= 0.3 is 10.2 Å². The van der Waals surface area contributed by atoms with E-state index in [1.165, 1.54) is 74.2 Å². The highest BCUT2D eigenvalue weighted by Gasteiger charge is 2.32. The molecule has 8 aromatic rings. The summed E-state index contributed by atoms with van der Waals surface area (Å²) in [6.07, 6.45) is 10.5. The second-order valence-electron chi connectivity index (χ2n) is 16.3. The molecule has 0 radical (unpaired) electrons. The zero-order chi connectivity index (χ0) is 52.0. The molecule has 22 nitrogen and oxygen atoms in total. The van der Waals surface area contributed by atoms with E-state index in [0.717, 1.165) is 23.0 Å². The molecule has 0 bridgehead atoms. The van der Waals surface area contributed by atoms with Crippen molar-refractivity contribution in [3.63, 3.8) is 0 Å². The van der Waals surface area contributed by atoms with Crippen molar-refractivity contribution in [1.29, 1.82) is 0 Å². The Bertz CT molecular complexity index is 3700. The van der Waals surface area contributed by atoms with Gasteiger partial charge in [0, 0.05) is 61.3 Å². The van der Waals surface area contributed by atoms with Crippen LogP contribution in [0, 0.1) is 19.7 Å². The minimum Gasteiger partial charge on any atom is -0.484 e. The fourth-order valence-corrected chi connectivity index (χ4v) is 10.0. The first kappa shape index (κ1) is 51.4. The number of methoxy groups -OCH3 is 4. The van der Waals surface area contributed by atoms with Crippen LogP contribution in [0.4, 0.5) is 15.8 Å². The molecule has 382 valence electrons. The second-order valence-corrected chi connectivity index (χ2v) is 19.5. The minimum atomic E-state index is -4.08. The summed E-state index contributed by atoms with van der Waals surface area (Å²) in [6.45, 7) is 4.39. The third kappa shape index (κ3) is 11.5. The molecule has 1 fully saturated rings. The molecule has 1 aliphatic rings. The number of aromatic nitrogens is 8. The average Bonchev–Trinajstić information content (AvgIpc) is 4.17. The number of nitrogens with zero attached hydrogens (tertiary/aromatic N) is 8. The van der Waals surface area contributed by atoms with Gasteiger partial charge in [-0.05, 0) is 98.8 Å². The monoisotopic (exact) mass is 1040 g/mol. The van der Waals surface area contributed by atoms with Crippen molar-refractivity contribution < 1.29 is 49.6 Å². The number of pyridine rings is 4. The molecule has 9 rings (SSSR count). The summed E-state index contributed by atoms with van der Waals surface area (Å²) in [6, 6.07) is 15.2. The number of ether oxygens (including phenoxy) is 6.